The minimum atomic E-state index is -0.737. The molecule has 0 heterocycles. The van der Waals surface area contributed by atoms with Gasteiger partial charge in [0.1, 0.15) is 5.75 Å². The molecule has 0 fully saturated rings. The number of rotatable bonds is 18. The van der Waals surface area contributed by atoms with Gasteiger partial charge in [-0.1, -0.05) is 124 Å². The van der Waals surface area contributed by atoms with Gasteiger partial charge in [-0.2, -0.15) is 0 Å². The highest BCUT2D eigenvalue weighted by molar-refractivity contribution is 5.68. The van der Waals surface area contributed by atoms with Crippen LogP contribution in [0.4, 0.5) is 0 Å². The van der Waals surface area contributed by atoms with E-state index in [1.165, 1.54) is 70.6 Å². The van der Waals surface area contributed by atoms with Gasteiger partial charge in [0.25, 0.3) is 0 Å². The van der Waals surface area contributed by atoms with E-state index in [0.29, 0.717) is 5.75 Å². The molecular formula is C29H50O3. The molecule has 32 heavy (non-hydrogen) atoms. The summed E-state index contributed by atoms with van der Waals surface area (Å²) in [4.78, 5) is 11.6. The van der Waals surface area contributed by atoms with Crippen molar-refractivity contribution in [2.75, 3.05) is 0 Å². The number of unbranched alkanes of at least 4 members (excludes halogenated alkanes) is 11. The molecule has 0 amide bonds. The highest BCUT2D eigenvalue weighted by Crippen LogP contribution is 2.38. The summed E-state index contributed by atoms with van der Waals surface area (Å²) in [7, 11) is 0. The number of aliphatic carboxylic acids is 1. The number of phenols is 1. The average molecular weight is 447 g/mol. The van der Waals surface area contributed by atoms with Crippen molar-refractivity contribution in [2.45, 2.75) is 142 Å². The Morgan fingerprint density at radius 2 is 1.16 bits per heavy atom. The zero-order valence-corrected chi connectivity index (χ0v) is 21.6. The number of carbonyl (C=O) groups is 1. The van der Waals surface area contributed by atoms with Crippen LogP contribution in [0.15, 0.2) is 12.1 Å². The van der Waals surface area contributed by atoms with Crippen LogP contribution in [-0.2, 0) is 4.79 Å². The van der Waals surface area contributed by atoms with Crippen molar-refractivity contribution in [3.63, 3.8) is 0 Å². The molecule has 0 saturated heterocycles. The Labute approximate surface area is 198 Å². The third-order valence-electron chi connectivity index (χ3n) is 6.73. The second-order valence-electron chi connectivity index (χ2n) is 10.3. The standard InChI is InChI=1S/C29H50O3/c1-6-7-8-9-10-11-12-13-14-15-16-17-18-24(21-28(30)31)25-19-26(22(2)3)29(32)27(20-25)23(4)5/h19-20,22-24,32H,6-18,21H2,1-5H3,(H,30,31). The number of carboxylic acids is 1. The summed E-state index contributed by atoms with van der Waals surface area (Å²) in [6.07, 6.45) is 16.8. The van der Waals surface area contributed by atoms with Gasteiger partial charge in [0, 0.05) is 0 Å². The van der Waals surface area contributed by atoms with Crippen molar-refractivity contribution in [3.05, 3.63) is 28.8 Å². The molecule has 2 N–H and O–H groups in total. The van der Waals surface area contributed by atoms with Crippen LogP contribution in [0.1, 0.15) is 159 Å². The van der Waals surface area contributed by atoms with Gasteiger partial charge in [0.2, 0.25) is 0 Å². The molecule has 0 aromatic heterocycles. The molecular weight excluding hydrogens is 396 g/mol. The minimum absolute atomic E-state index is 0.0196. The molecule has 184 valence electrons. The highest BCUT2D eigenvalue weighted by Gasteiger charge is 2.21. The summed E-state index contributed by atoms with van der Waals surface area (Å²) in [6.45, 7) is 10.6. The van der Waals surface area contributed by atoms with E-state index < -0.39 is 5.97 Å². The molecule has 1 unspecified atom stereocenters. The van der Waals surface area contributed by atoms with Crippen molar-refractivity contribution in [3.8, 4) is 5.75 Å². The number of aromatic hydroxyl groups is 1. The van der Waals surface area contributed by atoms with Crippen LogP contribution >= 0.6 is 0 Å². The van der Waals surface area contributed by atoms with Gasteiger partial charge >= 0.3 is 5.97 Å². The lowest BCUT2D eigenvalue weighted by molar-refractivity contribution is -0.137. The van der Waals surface area contributed by atoms with E-state index in [1.54, 1.807) is 0 Å². The second kappa shape index (κ2) is 16.2. The smallest absolute Gasteiger partial charge is 0.303 e. The van der Waals surface area contributed by atoms with Gasteiger partial charge < -0.3 is 10.2 Å². The SMILES string of the molecule is CCCCCCCCCCCCCCC(CC(=O)O)c1cc(C(C)C)c(O)c(C(C)C)c1. The molecule has 0 bridgehead atoms. The number of benzene rings is 1. The zero-order valence-electron chi connectivity index (χ0n) is 21.6. The highest BCUT2D eigenvalue weighted by atomic mass is 16.4. The lowest BCUT2D eigenvalue weighted by atomic mass is 9.84. The molecule has 1 atom stereocenters. The van der Waals surface area contributed by atoms with E-state index >= 15 is 0 Å². The van der Waals surface area contributed by atoms with Gasteiger partial charge in [-0.05, 0) is 40.9 Å². The van der Waals surface area contributed by atoms with Gasteiger partial charge in [0.05, 0.1) is 6.42 Å². The van der Waals surface area contributed by atoms with Crippen molar-refractivity contribution in [1.82, 2.24) is 0 Å². The first-order chi connectivity index (χ1) is 15.3. The van der Waals surface area contributed by atoms with E-state index in [-0.39, 0.29) is 24.2 Å². The minimum Gasteiger partial charge on any atom is -0.507 e. The molecule has 0 aliphatic rings. The number of phenolic OH excluding ortho intramolecular Hbond substituents is 1. The Bertz CT molecular complexity index is 619. The van der Waals surface area contributed by atoms with Crippen LogP contribution in [0.2, 0.25) is 0 Å². The summed E-state index contributed by atoms with van der Waals surface area (Å²) >= 11 is 0. The first-order valence-electron chi connectivity index (χ1n) is 13.4. The predicted octanol–water partition coefficient (Wildman–Crippen LogP) is 9.29. The Balaban J connectivity index is 2.53. The molecule has 0 aliphatic carbocycles. The maximum absolute atomic E-state index is 11.6. The average Bonchev–Trinajstić information content (AvgIpc) is 2.73. The molecule has 3 nitrogen and oxygen atoms in total. The Morgan fingerprint density at radius 1 is 0.750 bits per heavy atom. The number of carboxylic acid groups (broad SMARTS) is 1. The van der Waals surface area contributed by atoms with Gasteiger partial charge in [0.15, 0.2) is 0 Å². The quantitative estimate of drug-likeness (QED) is 0.221. The molecule has 0 spiro atoms. The fourth-order valence-electron chi connectivity index (χ4n) is 4.65. The molecule has 0 radical (unpaired) electrons. The molecule has 1 aromatic rings. The predicted molar refractivity (Wildman–Crippen MR) is 137 cm³/mol. The molecule has 1 rings (SSSR count). The molecule has 3 heteroatoms. The molecule has 1 aromatic carbocycles. The largest absolute Gasteiger partial charge is 0.507 e. The van der Waals surface area contributed by atoms with Gasteiger partial charge in [-0.25, -0.2) is 0 Å². The monoisotopic (exact) mass is 446 g/mol. The van der Waals surface area contributed by atoms with Crippen molar-refractivity contribution in [1.29, 1.82) is 0 Å². The summed E-state index contributed by atoms with van der Waals surface area (Å²) < 4.78 is 0. The summed E-state index contributed by atoms with van der Waals surface area (Å²) in [6, 6.07) is 4.11. The van der Waals surface area contributed by atoms with Gasteiger partial charge in [-0.15, -0.1) is 0 Å². The number of hydrogen-bond acceptors (Lipinski definition) is 2. The van der Waals surface area contributed by atoms with Crippen LogP contribution in [0.25, 0.3) is 0 Å². The first-order valence-corrected chi connectivity index (χ1v) is 13.4. The Kier molecular flexibility index (Phi) is 14.4. The third-order valence-corrected chi connectivity index (χ3v) is 6.73. The maximum atomic E-state index is 11.6. The summed E-state index contributed by atoms with van der Waals surface area (Å²) in [5.41, 5.74) is 2.97. The van der Waals surface area contributed by atoms with E-state index in [0.717, 1.165) is 29.5 Å². The second-order valence-corrected chi connectivity index (χ2v) is 10.3. The normalized spacial score (nSPS) is 12.6. The molecule has 0 aliphatic heterocycles. The first kappa shape index (κ1) is 28.5. The van der Waals surface area contributed by atoms with Crippen molar-refractivity contribution in [2.24, 2.45) is 0 Å². The fourth-order valence-corrected chi connectivity index (χ4v) is 4.65. The van der Waals surface area contributed by atoms with Crippen LogP contribution in [0.5, 0.6) is 5.75 Å². The number of hydrogen-bond donors (Lipinski definition) is 2. The molecule has 0 saturated carbocycles. The van der Waals surface area contributed by atoms with Crippen LogP contribution in [0, 0.1) is 0 Å². The van der Waals surface area contributed by atoms with Gasteiger partial charge in [-0.3, -0.25) is 4.79 Å². The Hall–Kier alpha value is -1.51. The van der Waals surface area contributed by atoms with E-state index in [9.17, 15) is 15.0 Å². The van der Waals surface area contributed by atoms with E-state index in [1.807, 2.05) is 0 Å². The lowest BCUT2D eigenvalue weighted by Crippen LogP contribution is -2.09. The zero-order chi connectivity index (χ0) is 23.9. The third kappa shape index (κ3) is 10.9. The van der Waals surface area contributed by atoms with Crippen LogP contribution in [0.3, 0.4) is 0 Å². The fraction of sp³-hybridized carbons (Fsp3) is 0.759. The van der Waals surface area contributed by atoms with Crippen LogP contribution in [-0.4, -0.2) is 16.2 Å². The Morgan fingerprint density at radius 3 is 1.53 bits per heavy atom. The summed E-state index contributed by atoms with van der Waals surface area (Å²) in [5, 5.41) is 20.2. The van der Waals surface area contributed by atoms with Crippen molar-refractivity contribution >= 4 is 5.97 Å². The van der Waals surface area contributed by atoms with Crippen LogP contribution < -0.4 is 0 Å². The van der Waals surface area contributed by atoms with Crippen molar-refractivity contribution < 1.29 is 15.0 Å². The lowest BCUT2D eigenvalue weighted by Gasteiger charge is -2.22. The van der Waals surface area contributed by atoms with E-state index in [2.05, 4.69) is 46.8 Å². The summed E-state index contributed by atoms with van der Waals surface area (Å²) in [5.74, 6) is 0.0951. The van der Waals surface area contributed by atoms with E-state index in [4.69, 9.17) is 0 Å². The topological polar surface area (TPSA) is 57.5 Å². The maximum Gasteiger partial charge on any atom is 0.303 e.